The van der Waals surface area contributed by atoms with Crippen molar-refractivity contribution >= 4 is 0 Å². The Morgan fingerprint density at radius 2 is 1.79 bits per heavy atom. The van der Waals surface area contributed by atoms with Crippen molar-refractivity contribution < 1.29 is 0 Å². The summed E-state index contributed by atoms with van der Waals surface area (Å²) in [4.78, 5) is 0. The molecule has 6 atom stereocenters. The van der Waals surface area contributed by atoms with Gasteiger partial charge in [-0.1, -0.05) is 88.6 Å². The molecule has 0 bridgehead atoms. The Labute approximate surface area is 211 Å². The number of hydrogen-bond acceptors (Lipinski definition) is 0. The Balaban J connectivity index is 1.61. The van der Waals surface area contributed by atoms with Crippen molar-refractivity contribution in [2.24, 2.45) is 40.4 Å². The topological polar surface area (TPSA) is 0 Å². The van der Waals surface area contributed by atoms with Crippen LogP contribution in [-0.4, -0.2) is 0 Å². The fraction of sp³-hybridized carbons (Fsp3) is 0.706. The third-order valence-electron chi connectivity index (χ3n) is 10.6. The Bertz CT molecular complexity index is 900. The second kappa shape index (κ2) is 9.99. The second-order valence-electron chi connectivity index (χ2n) is 13.5. The van der Waals surface area contributed by atoms with Gasteiger partial charge in [-0.15, -0.1) is 0 Å². The molecule has 188 valence electrons. The first-order valence-electron chi connectivity index (χ1n) is 14.5. The summed E-state index contributed by atoms with van der Waals surface area (Å²) in [6.45, 7) is 21.4. The maximum Gasteiger partial charge on any atom is -0.000685 e. The van der Waals surface area contributed by atoms with E-state index in [0.717, 1.165) is 30.1 Å². The van der Waals surface area contributed by atoms with Crippen LogP contribution in [0.1, 0.15) is 113 Å². The van der Waals surface area contributed by atoms with Gasteiger partial charge in [-0.05, 0) is 123 Å². The molecule has 0 aliphatic heterocycles. The van der Waals surface area contributed by atoms with E-state index < -0.39 is 0 Å². The van der Waals surface area contributed by atoms with E-state index in [-0.39, 0.29) is 0 Å². The summed E-state index contributed by atoms with van der Waals surface area (Å²) in [5.41, 5.74) is 8.84. The lowest BCUT2D eigenvalue weighted by molar-refractivity contribution is 0.0795. The molecular formula is C34H52. The van der Waals surface area contributed by atoms with Crippen molar-refractivity contribution in [1.82, 2.24) is 0 Å². The fourth-order valence-corrected chi connectivity index (χ4v) is 8.40. The van der Waals surface area contributed by atoms with Gasteiger partial charge in [-0.3, -0.25) is 0 Å². The summed E-state index contributed by atoms with van der Waals surface area (Å²) in [6.07, 6.45) is 23.5. The average molecular weight is 461 g/mol. The zero-order valence-corrected chi connectivity index (χ0v) is 23.5. The molecular weight excluding hydrogens is 408 g/mol. The van der Waals surface area contributed by atoms with Crippen LogP contribution in [0.3, 0.4) is 0 Å². The molecule has 0 spiro atoms. The zero-order chi connectivity index (χ0) is 24.7. The van der Waals surface area contributed by atoms with E-state index in [1.54, 1.807) is 11.1 Å². The molecule has 0 saturated heterocycles. The van der Waals surface area contributed by atoms with Gasteiger partial charge in [0.15, 0.2) is 0 Å². The first-order chi connectivity index (χ1) is 16.1. The molecule has 0 heteroatoms. The standard InChI is InChI=1S/C34H52/c1-23(2)11-9-13-27(14-10-12-24(3)4)30-17-18-31-28-15-16-29-26(6)25(5)19-21-33(29,7)32(28)20-22-34(30,31)8/h11,13,15-16,24-25,30-32H,6,9-10,12,14,17-22H2,1-5,7-8H3/b27-13-/t25-,30+,31-,32-,33-,34+/m0/s1. The lowest BCUT2D eigenvalue weighted by Crippen LogP contribution is -2.45. The number of rotatable bonds is 7. The molecule has 3 fully saturated rings. The maximum atomic E-state index is 4.55. The highest BCUT2D eigenvalue weighted by molar-refractivity contribution is 5.48. The predicted molar refractivity (Wildman–Crippen MR) is 150 cm³/mol. The summed E-state index contributed by atoms with van der Waals surface area (Å²) >= 11 is 0. The summed E-state index contributed by atoms with van der Waals surface area (Å²) < 4.78 is 0. The highest BCUT2D eigenvalue weighted by Crippen LogP contribution is 2.66. The predicted octanol–water partition coefficient (Wildman–Crippen LogP) is 10.4. The summed E-state index contributed by atoms with van der Waals surface area (Å²) in [7, 11) is 0. The number of fused-ring (bicyclic) bond motifs is 5. The zero-order valence-electron chi connectivity index (χ0n) is 23.5. The minimum Gasteiger partial charge on any atom is -0.0953 e. The van der Waals surface area contributed by atoms with Gasteiger partial charge in [0, 0.05) is 0 Å². The second-order valence-corrected chi connectivity index (χ2v) is 13.5. The van der Waals surface area contributed by atoms with Crippen LogP contribution in [-0.2, 0) is 0 Å². The summed E-state index contributed by atoms with van der Waals surface area (Å²) in [5.74, 6) is 3.75. The van der Waals surface area contributed by atoms with Crippen LogP contribution in [0.25, 0.3) is 0 Å². The largest absolute Gasteiger partial charge is 0.0953 e. The average Bonchev–Trinajstić information content (AvgIpc) is 3.12. The monoisotopic (exact) mass is 460 g/mol. The molecule has 0 N–H and O–H groups in total. The Morgan fingerprint density at radius 1 is 1.03 bits per heavy atom. The lowest BCUT2D eigenvalue weighted by Gasteiger charge is -2.55. The van der Waals surface area contributed by atoms with E-state index in [1.807, 2.05) is 5.57 Å². The molecule has 3 saturated carbocycles. The molecule has 4 aliphatic rings. The fourth-order valence-electron chi connectivity index (χ4n) is 8.40. The van der Waals surface area contributed by atoms with Crippen LogP contribution in [0.15, 0.2) is 58.7 Å². The van der Waals surface area contributed by atoms with Crippen molar-refractivity contribution in [3.05, 3.63) is 58.7 Å². The molecule has 0 nitrogen and oxygen atoms in total. The quantitative estimate of drug-likeness (QED) is 0.331. The van der Waals surface area contributed by atoms with Crippen LogP contribution >= 0.6 is 0 Å². The third-order valence-corrected chi connectivity index (χ3v) is 10.6. The smallest absolute Gasteiger partial charge is 0.000685 e. The highest BCUT2D eigenvalue weighted by atomic mass is 14.6. The van der Waals surface area contributed by atoms with Crippen LogP contribution in [0, 0.1) is 40.4 Å². The van der Waals surface area contributed by atoms with Crippen molar-refractivity contribution in [3.63, 3.8) is 0 Å². The van der Waals surface area contributed by atoms with Gasteiger partial charge in [0.2, 0.25) is 0 Å². The van der Waals surface area contributed by atoms with Gasteiger partial charge < -0.3 is 0 Å². The molecule has 34 heavy (non-hydrogen) atoms. The normalized spacial score (nSPS) is 37.5. The van der Waals surface area contributed by atoms with Crippen LogP contribution in [0.5, 0.6) is 0 Å². The first kappa shape index (κ1) is 25.8. The van der Waals surface area contributed by atoms with Crippen LogP contribution in [0.4, 0.5) is 0 Å². The van der Waals surface area contributed by atoms with E-state index in [4.69, 9.17) is 0 Å². The Kier molecular flexibility index (Phi) is 7.57. The molecule has 4 aliphatic carbocycles. The third kappa shape index (κ3) is 4.60. The van der Waals surface area contributed by atoms with E-state index in [2.05, 4.69) is 79.3 Å². The SMILES string of the molecule is C=C1C2=CC=C3[C@@H]4CC[C@H](/C(=C\CC=C(C)C)CCCC(C)C)[C@@]4(C)CC[C@@H]3[C@@]2(C)CC[C@@H]1C. The molecule has 0 aromatic rings. The number of allylic oxidation sites excluding steroid dienone is 9. The molecule has 0 aromatic carbocycles. The summed E-state index contributed by atoms with van der Waals surface area (Å²) in [6, 6.07) is 0. The summed E-state index contributed by atoms with van der Waals surface area (Å²) in [5, 5.41) is 0. The van der Waals surface area contributed by atoms with Gasteiger partial charge in [0.05, 0.1) is 0 Å². The number of hydrogen-bond donors (Lipinski definition) is 0. The molecule has 0 unspecified atom stereocenters. The minimum atomic E-state index is 0.326. The van der Waals surface area contributed by atoms with E-state index in [1.165, 1.54) is 68.9 Å². The molecule has 0 aromatic heterocycles. The first-order valence-corrected chi connectivity index (χ1v) is 14.5. The molecule has 0 radical (unpaired) electrons. The van der Waals surface area contributed by atoms with E-state index in [0.29, 0.717) is 16.7 Å². The van der Waals surface area contributed by atoms with Crippen molar-refractivity contribution in [2.75, 3.05) is 0 Å². The van der Waals surface area contributed by atoms with Gasteiger partial charge in [-0.25, -0.2) is 0 Å². The molecule has 0 amide bonds. The van der Waals surface area contributed by atoms with Crippen molar-refractivity contribution in [3.8, 4) is 0 Å². The van der Waals surface area contributed by atoms with Crippen molar-refractivity contribution in [2.45, 2.75) is 113 Å². The van der Waals surface area contributed by atoms with Gasteiger partial charge in [0.25, 0.3) is 0 Å². The lowest BCUT2D eigenvalue weighted by atomic mass is 9.49. The highest BCUT2D eigenvalue weighted by Gasteiger charge is 2.56. The van der Waals surface area contributed by atoms with Gasteiger partial charge in [-0.2, -0.15) is 0 Å². The Hall–Kier alpha value is -1.30. The molecule has 4 rings (SSSR count). The Morgan fingerprint density at radius 3 is 2.50 bits per heavy atom. The van der Waals surface area contributed by atoms with Gasteiger partial charge in [0.1, 0.15) is 0 Å². The van der Waals surface area contributed by atoms with Crippen molar-refractivity contribution in [1.29, 1.82) is 0 Å². The van der Waals surface area contributed by atoms with Gasteiger partial charge >= 0.3 is 0 Å². The van der Waals surface area contributed by atoms with Crippen LogP contribution < -0.4 is 0 Å². The maximum absolute atomic E-state index is 4.55. The molecule has 0 heterocycles. The van der Waals surface area contributed by atoms with E-state index >= 15 is 0 Å². The van der Waals surface area contributed by atoms with Crippen LogP contribution in [0.2, 0.25) is 0 Å². The van der Waals surface area contributed by atoms with E-state index in [9.17, 15) is 0 Å². The minimum absolute atomic E-state index is 0.326.